The normalized spacial score (nSPS) is 9.94. The predicted molar refractivity (Wildman–Crippen MR) is 65.4 cm³/mol. The Labute approximate surface area is 98.3 Å². The summed E-state index contributed by atoms with van der Waals surface area (Å²) in [6.45, 7) is 1.97. The summed E-state index contributed by atoms with van der Waals surface area (Å²) in [6, 6.07) is 10.0. The Bertz CT molecular complexity index is 538. The molecule has 1 N–H and O–H groups in total. The number of pyridine rings is 1. The van der Waals surface area contributed by atoms with E-state index in [1.54, 1.807) is 18.3 Å². The lowest BCUT2D eigenvalue weighted by Crippen LogP contribution is -1.94. The highest BCUT2D eigenvalue weighted by Gasteiger charge is 2.04. The lowest BCUT2D eigenvalue weighted by molar-refractivity contribution is -0.384. The van der Waals surface area contributed by atoms with Gasteiger partial charge >= 0.3 is 0 Å². The van der Waals surface area contributed by atoms with Gasteiger partial charge in [0, 0.05) is 24.0 Å². The van der Waals surface area contributed by atoms with Crippen LogP contribution < -0.4 is 5.32 Å². The summed E-state index contributed by atoms with van der Waals surface area (Å²) in [4.78, 5) is 14.2. The van der Waals surface area contributed by atoms with E-state index in [0.29, 0.717) is 0 Å². The molecule has 1 aromatic heterocycles. The Hall–Kier alpha value is -2.43. The van der Waals surface area contributed by atoms with Gasteiger partial charge < -0.3 is 5.32 Å². The molecule has 2 rings (SSSR count). The molecule has 0 saturated heterocycles. The maximum absolute atomic E-state index is 10.5. The lowest BCUT2D eigenvalue weighted by atomic mass is 10.2. The smallest absolute Gasteiger partial charge is 0.269 e. The van der Waals surface area contributed by atoms with Crippen LogP contribution in [0.2, 0.25) is 0 Å². The zero-order valence-electron chi connectivity index (χ0n) is 9.25. The minimum absolute atomic E-state index is 0.0766. The number of non-ortho nitro benzene ring substituents is 1. The van der Waals surface area contributed by atoms with E-state index in [1.165, 1.54) is 12.1 Å². The minimum atomic E-state index is -0.422. The van der Waals surface area contributed by atoms with Crippen molar-refractivity contribution in [2.45, 2.75) is 6.92 Å². The Morgan fingerprint density at radius 2 is 1.94 bits per heavy atom. The predicted octanol–water partition coefficient (Wildman–Crippen LogP) is 3.04. The van der Waals surface area contributed by atoms with Gasteiger partial charge in [-0.2, -0.15) is 0 Å². The number of hydrogen-bond acceptors (Lipinski definition) is 4. The number of aryl methyl sites for hydroxylation is 1. The Morgan fingerprint density at radius 1 is 1.24 bits per heavy atom. The van der Waals surface area contributed by atoms with E-state index in [2.05, 4.69) is 10.3 Å². The van der Waals surface area contributed by atoms with E-state index in [1.807, 2.05) is 19.1 Å². The molecule has 0 fully saturated rings. The second-order valence-corrected chi connectivity index (χ2v) is 3.65. The molecule has 0 spiro atoms. The third-order valence-corrected chi connectivity index (χ3v) is 2.27. The van der Waals surface area contributed by atoms with Gasteiger partial charge in [0.15, 0.2) is 0 Å². The van der Waals surface area contributed by atoms with Gasteiger partial charge in [-0.3, -0.25) is 10.1 Å². The topological polar surface area (TPSA) is 68.1 Å². The standard InChI is InChI=1S/C12H11N3O2/c1-9-6-7-13-12(8-9)14-10-2-4-11(5-3-10)15(16)17/h2-8H,1H3,(H,13,14). The maximum Gasteiger partial charge on any atom is 0.269 e. The fourth-order valence-electron chi connectivity index (χ4n) is 1.42. The fourth-order valence-corrected chi connectivity index (χ4v) is 1.42. The molecule has 0 aliphatic heterocycles. The molecule has 5 nitrogen and oxygen atoms in total. The molecule has 0 aliphatic rings. The molecule has 1 heterocycles. The minimum Gasteiger partial charge on any atom is -0.340 e. The fraction of sp³-hybridized carbons (Fsp3) is 0.0833. The average molecular weight is 229 g/mol. The van der Waals surface area contributed by atoms with Crippen LogP contribution in [0.15, 0.2) is 42.6 Å². The van der Waals surface area contributed by atoms with E-state index in [9.17, 15) is 10.1 Å². The van der Waals surface area contributed by atoms with Crippen LogP contribution in [0.4, 0.5) is 17.2 Å². The van der Waals surface area contributed by atoms with Crippen molar-refractivity contribution < 1.29 is 4.92 Å². The summed E-state index contributed by atoms with van der Waals surface area (Å²) in [5.74, 6) is 0.721. The third kappa shape index (κ3) is 2.78. The van der Waals surface area contributed by atoms with E-state index in [-0.39, 0.29) is 5.69 Å². The quantitative estimate of drug-likeness (QED) is 0.648. The van der Waals surface area contributed by atoms with Crippen molar-refractivity contribution in [3.8, 4) is 0 Å². The summed E-state index contributed by atoms with van der Waals surface area (Å²) in [5, 5.41) is 13.6. The van der Waals surface area contributed by atoms with Crippen molar-refractivity contribution in [2.75, 3.05) is 5.32 Å². The number of nitro benzene ring substituents is 1. The highest BCUT2D eigenvalue weighted by molar-refractivity contribution is 5.58. The summed E-state index contributed by atoms with van der Waals surface area (Å²) in [6.07, 6.45) is 1.71. The number of aromatic nitrogens is 1. The van der Waals surface area contributed by atoms with Crippen LogP contribution in [0.5, 0.6) is 0 Å². The number of nitrogens with zero attached hydrogens (tertiary/aromatic N) is 2. The Kier molecular flexibility index (Phi) is 3.00. The summed E-state index contributed by atoms with van der Waals surface area (Å²) in [7, 11) is 0. The van der Waals surface area contributed by atoms with Crippen LogP contribution >= 0.6 is 0 Å². The largest absolute Gasteiger partial charge is 0.340 e. The molecular weight excluding hydrogens is 218 g/mol. The number of anilines is 2. The van der Waals surface area contributed by atoms with Crippen molar-refractivity contribution >= 4 is 17.2 Å². The molecule has 0 aliphatic carbocycles. The summed E-state index contributed by atoms with van der Waals surface area (Å²) in [5.41, 5.74) is 1.95. The molecular formula is C12H11N3O2. The number of benzene rings is 1. The van der Waals surface area contributed by atoms with Crippen LogP contribution in [-0.2, 0) is 0 Å². The number of rotatable bonds is 3. The van der Waals surface area contributed by atoms with Gasteiger partial charge in [-0.25, -0.2) is 4.98 Å². The van der Waals surface area contributed by atoms with E-state index < -0.39 is 4.92 Å². The van der Waals surface area contributed by atoms with Crippen molar-refractivity contribution in [1.29, 1.82) is 0 Å². The van der Waals surface area contributed by atoms with Crippen molar-refractivity contribution in [3.63, 3.8) is 0 Å². The van der Waals surface area contributed by atoms with Gasteiger partial charge in [-0.15, -0.1) is 0 Å². The summed E-state index contributed by atoms with van der Waals surface area (Å²) >= 11 is 0. The van der Waals surface area contributed by atoms with Gasteiger partial charge in [0.2, 0.25) is 0 Å². The highest BCUT2D eigenvalue weighted by atomic mass is 16.6. The van der Waals surface area contributed by atoms with Gasteiger partial charge in [-0.05, 0) is 36.8 Å². The van der Waals surface area contributed by atoms with Gasteiger partial charge in [0.1, 0.15) is 5.82 Å². The molecule has 1 aromatic carbocycles. The maximum atomic E-state index is 10.5. The van der Waals surface area contributed by atoms with E-state index >= 15 is 0 Å². The number of nitrogens with one attached hydrogen (secondary N) is 1. The van der Waals surface area contributed by atoms with Crippen LogP contribution in [0.25, 0.3) is 0 Å². The Balaban J connectivity index is 2.16. The second-order valence-electron chi connectivity index (χ2n) is 3.65. The van der Waals surface area contributed by atoms with Crippen LogP contribution in [0.1, 0.15) is 5.56 Å². The molecule has 0 amide bonds. The SMILES string of the molecule is Cc1ccnc(Nc2ccc([N+](=O)[O-])cc2)c1. The van der Waals surface area contributed by atoms with Crippen LogP contribution in [0, 0.1) is 17.0 Å². The van der Waals surface area contributed by atoms with Crippen LogP contribution in [0.3, 0.4) is 0 Å². The van der Waals surface area contributed by atoms with E-state index in [0.717, 1.165) is 17.1 Å². The second kappa shape index (κ2) is 4.61. The number of nitro groups is 1. The van der Waals surface area contributed by atoms with Crippen LogP contribution in [-0.4, -0.2) is 9.91 Å². The molecule has 5 heteroatoms. The Morgan fingerprint density at radius 3 is 2.53 bits per heavy atom. The average Bonchev–Trinajstić information content (AvgIpc) is 2.29. The first-order valence-corrected chi connectivity index (χ1v) is 5.09. The van der Waals surface area contributed by atoms with E-state index in [4.69, 9.17) is 0 Å². The number of hydrogen-bond donors (Lipinski definition) is 1. The van der Waals surface area contributed by atoms with Crippen molar-refractivity contribution in [1.82, 2.24) is 4.98 Å². The third-order valence-electron chi connectivity index (χ3n) is 2.27. The molecule has 0 radical (unpaired) electrons. The van der Waals surface area contributed by atoms with Crippen molar-refractivity contribution in [3.05, 3.63) is 58.3 Å². The molecule has 0 bridgehead atoms. The zero-order chi connectivity index (χ0) is 12.3. The first kappa shape index (κ1) is 11.1. The molecule has 86 valence electrons. The monoisotopic (exact) mass is 229 g/mol. The highest BCUT2D eigenvalue weighted by Crippen LogP contribution is 2.18. The zero-order valence-corrected chi connectivity index (χ0v) is 9.25. The molecule has 0 unspecified atom stereocenters. The first-order chi connectivity index (χ1) is 8.15. The molecule has 0 atom stereocenters. The first-order valence-electron chi connectivity index (χ1n) is 5.09. The molecule has 2 aromatic rings. The molecule has 0 saturated carbocycles. The lowest BCUT2D eigenvalue weighted by Gasteiger charge is -2.05. The summed E-state index contributed by atoms with van der Waals surface area (Å²) < 4.78 is 0. The van der Waals surface area contributed by atoms with Crippen molar-refractivity contribution in [2.24, 2.45) is 0 Å². The van der Waals surface area contributed by atoms with Gasteiger partial charge in [0.25, 0.3) is 5.69 Å². The van der Waals surface area contributed by atoms with Gasteiger partial charge in [0.05, 0.1) is 4.92 Å². The van der Waals surface area contributed by atoms with Gasteiger partial charge in [-0.1, -0.05) is 0 Å². The molecule has 17 heavy (non-hydrogen) atoms.